The van der Waals surface area contributed by atoms with Gasteiger partial charge in [-0.2, -0.15) is 0 Å². The molecule has 33 heavy (non-hydrogen) atoms. The van der Waals surface area contributed by atoms with Gasteiger partial charge in [0.2, 0.25) is 0 Å². The Kier molecular flexibility index (Phi) is 10.8. The maximum Gasteiger partial charge on any atom is 0.417 e. The highest BCUT2D eigenvalue weighted by Gasteiger charge is 2.37. The summed E-state index contributed by atoms with van der Waals surface area (Å²) in [5.41, 5.74) is 2.13. The van der Waals surface area contributed by atoms with E-state index < -0.39 is 26.3 Å². The monoisotopic (exact) mass is 519 g/mol. The molecule has 1 aliphatic rings. The Bertz CT molecular complexity index is 969. The fourth-order valence-electron chi connectivity index (χ4n) is 3.41. The van der Waals surface area contributed by atoms with E-state index in [4.69, 9.17) is 4.74 Å². The fraction of sp³-hybridized carbons (Fsp3) is 0.550. The van der Waals surface area contributed by atoms with Crippen molar-refractivity contribution in [1.29, 1.82) is 0 Å². The smallest absolute Gasteiger partial charge is 0.417 e. The number of nitrogens with one attached hydrogen (secondary N) is 2. The molecule has 13 heteroatoms. The molecule has 2 rings (SSSR count). The Morgan fingerprint density at radius 1 is 1.27 bits per heavy atom. The van der Waals surface area contributed by atoms with E-state index in [9.17, 15) is 23.3 Å². The highest BCUT2D eigenvalue weighted by atomic mass is 32.3. The maximum atomic E-state index is 12.9. The Balaban J connectivity index is 1.85. The van der Waals surface area contributed by atoms with E-state index in [0.717, 1.165) is 24.1 Å². The third-order valence-electron chi connectivity index (χ3n) is 4.97. The van der Waals surface area contributed by atoms with Crippen LogP contribution in [0.1, 0.15) is 44.7 Å². The Labute approximate surface area is 202 Å². The average molecular weight is 520 g/mol. The first-order chi connectivity index (χ1) is 15.7. The summed E-state index contributed by atoms with van der Waals surface area (Å²) >= 11 is 2.27. The number of rotatable bonds is 12. The lowest BCUT2D eigenvalue weighted by Gasteiger charge is -2.32. The standard InChI is InChI=1S/C20H29N3O7S3/c1-4-17-18(21-5-2)9-14(3)33(27,28)19(17)31-13-32-22-20(24)29-11-15-7-6-8-16(10-15)12-30-23(25)26/h6-8,10,14,18,21H,4-5,9,11-13H2,1-3H3,(H,22,24). The summed E-state index contributed by atoms with van der Waals surface area (Å²) in [6.45, 7) is 6.22. The van der Waals surface area contributed by atoms with Crippen molar-refractivity contribution >= 4 is 39.6 Å². The second-order valence-corrected chi connectivity index (χ2v) is 12.0. The van der Waals surface area contributed by atoms with Crippen molar-refractivity contribution < 1.29 is 27.9 Å². The van der Waals surface area contributed by atoms with Gasteiger partial charge in [-0.3, -0.25) is 4.72 Å². The number of sulfone groups is 1. The number of benzene rings is 1. The van der Waals surface area contributed by atoms with Crippen LogP contribution in [-0.2, 0) is 32.6 Å². The van der Waals surface area contributed by atoms with Gasteiger partial charge in [-0.15, -0.1) is 21.9 Å². The second kappa shape index (κ2) is 13.1. The molecule has 0 aromatic heterocycles. The van der Waals surface area contributed by atoms with Gasteiger partial charge >= 0.3 is 6.09 Å². The van der Waals surface area contributed by atoms with Crippen LogP contribution >= 0.6 is 23.7 Å². The quantitative estimate of drug-likeness (QED) is 0.138. The van der Waals surface area contributed by atoms with Crippen molar-refractivity contribution in [3.05, 3.63) is 55.3 Å². The molecular formula is C20H29N3O7S3. The highest BCUT2D eigenvalue weighted by Crippen LogP contribution is 2.39. The van der Waals surface area contributed by atoms with Crippen LogP contribution in [0.15, 0.2) is 34.1 Å². The molecular weight excluding hydrogens is 490 g/mol. The SMILES string of the molecule is CCNC1CC(C)S(=O)(=O)C(SCSNC(=O)OCc2cccc(CO[N+](=O)[O-])c2)=C1CC. The lowest BCUT2D eigenvalue weighted by molar-refractivity contribution is -0.763. The number of hydrogen-bond acceptors (Lipinski definition) is 10. The van der Waals surface area contributed by atoms with Crippen LogP contribution in [0, 0.1) is 10.1 Å². The van der Waals surface area contributed by atoms with E-state index in [0.29, 0.717) is 33.3 Å². The van der Waals surface area contributed by atoms with E-state index in [-0.39, 0.29) is 19.3 Å². The number of carbonyl (C=O) groups is 1. The van der Waals surface area contributed by atoms with Crippen molar-refractivity contribution in [3.8, 4) is 0 Å². The Morgan fingerprint density at radius 2 is 1.97 bits per heavy atom. The molecule has 10 nitrogen and oxygen atoms in total. The van der Waals surface area contributed by atoms with Gasteiger partial charge in [0.1, 0.15) is 17.5 Å². The van der Waals surface area contributed by atoms with E-state index in [1.54, 1.807) is 31.2 Å². The molecule has 1 amide bonds. The van der Waals surface area contributed by atoms with Crippen molar-refractivity contribution in [1.82, 2.24) is 10.0 Å². The molecule has 0 spiro atoms. The Hall–Kier alpha value is -1.96. The first kappa shape index (κ1) is 27.3. The molecule has 0 aliphatic carbocycles. The molecule has 0 fully saturated rings. The summed E-state index contributed by atoms with van der Waals surface area (Å²) in [4.78, 5) is 26.6. The normalized spacial score (nSPS) is 19.7. The average Bonchev–Trinajstić information content (AvgIpc) is 2.77. The van der Waals surface area contributed by atoms with E-state index >= 15 is 0 Å². The summed E-state index contributed by atoms with van der Waals surface area (Å²) < 4.78 is 33.8. The molecule has 1 aromatic carbocycles. The summed E-state index contributed by atoms with van der Waals surface area (Å²) in [5.74, 6) is 0. The van der Waals surface area contributed by atoms with Gasteiger partial charge in [0.05, 0.1) is 10.3 Å². The number of hydrogen-bond donors (Lipinski definition) is 2. The highest BCUT2D eigenvalue weighted by molar-refractivity contribution is 8.25. The lowest BCUT2D eigenvalue weighted by Crippen LogP contribution is -2.41. The van der Waals surface area contributed by atoms with Crippen LogP contribution in [0.4, 0.5) is 4.79 Å². The third kappa shape index (κ3) is 8.09. The van der Waals surface area contributed by atoms with Gasteiger partial charge in [-0.1, -0.05) is 38.1 Å². The van der Waals surface area contributed by atoms with Crippen LogP contribution in [0.25, 0.3) is 0 Å². The van der Waals surface area contributed by atoms with Crippen molar-refractivity contribution in [2.24, 2.45) is 0 Å². The molecule has 0 saturated carbocycles. The van der Waals surface area contributed by atoms with Crippen molar-refractivity contribution in [3.63, 3.8) is 0 Å². The van der Waals surface area contributed by atoms with Crippen LogP contribution in [0.2, 0.25) is 0 Å². The first-order valence-corrected chi connectivity index (χ1v) is 13.9. The number of likely N-dealkylation sites (N-methyl/N-ethyl adjacent to an activating group) is 1. The maximum absolute atomic E-state index is 12.9. The zero-order valence-corrected chi connectivity index (χ0v) is 21.2. The van der Waals surface area contributed by atoms with Crippen LogP contribution < -0.4 is 10.0 Å². The molecule has 0 bridgehead atoms. The largest absolute Gasteiger partial charge is 0.444 e. The third-order valence-corrected chi connectivity index (χ3v) is 9.83. The van der Waals surface area contributed by atoms with E-state index in [1.807, 2.05) is 13.8 Å². The Morgan fingerprint density at radius 3 is 2.61 bits per heavy atom. The number of thioether (sulfide) groups is 1. The number of amides is 1. The van der Waals surface area contributed by atoms with Gasteiger partial charge < -0.3 is 14.9 Å². The molecule has 1 heterocycles. The van der Waals surface area contributed by atoms with E-state index in [2.05, 4.69) is 14.9 Å². The van der Waals surface area contributed by atoms with Crippen LogP contribution in [0.5, 0.6) is 0 Å². The van der Waals surface area contributed by atoms with Gasteiger partial charge in [-0.25, -0.2) is 13.2 Å². The fourth-order valence-corrected chi connectivity index (χ4v) is 8.01. The lowest BCUT2D eigenvalue weighted by atomic mass is 10.0. The van der Waals surface area contributed by atoms with Gasteiger partial charge in [0, 0.05) is 6.04 Å². The van der Waals surface area contributed by atoms with Crippen molar-refractivity contribution in [2.45, 2.75) is 58.1 Å². The minimum absolute atomic E-state index is 0.0206. The minimum Gasteiger partial charge on any atom is -0.444 e. The molecule has 2 unspecified atom stereocenters. The van der Waals surface area contributed by atoms with E-state index in [1.165, 1.54) is 11.8 Å². The van der Waals surface area contributed by atoms with Gasteiger partial charge in [-0.05, 0) is 55.0 Å². The summed E-state index contributed by atoms with van der Waals surface area (Å²) in [6, 6.07) is 6.76. The first-order valence-electron chi connectivity index (χ1n) is 10.4. The molecule has 0 radical (unpaired) electrons. The summed E-state index contributed by atoms with van der Waals surface area (Å²) in [6.07, 6.45) is 0.529. The topological polar surface area (TPSA) is 137 Å². The zero-order valence-electron chi connectivity index (χ0n) is 18.7. The number of nitrogens with zero attached hydrogens (tertiary/aromatic N) is 1. The number of carbonyl (C=O) groups excluding carboxylic acids is 1. The second-order valence-electron chi connectivity index (χ2n) is 7.27. The summed E-state index contributed by atoms with van der Waals surface area (Å²) in [7, 11) is -3.38. The van der Waals surface area contributed by atoms with Crippen molar-refractivity contribution in [2.75, 3.05) is 11.6 Å². The van der Waals surface area contributed by atoms with Gasteiger partial charge in [0.15, 0.2) is 9.84 Å². The van der Waals surface area contributed by atoms with Crippen LogP contribution in [0.3, 0.4) is 0 Å². The molecule has 2 atom stereocenters. The minimum atomic E-state index is -3.38. The molecule has 0 saturated heterocycles. The molecule has 2 N–H and O–H groups in total. The van der Waals surface area contributed by atoms with Gasteiger partial charge in [0.25, 0.3) is 5.09 Å². The summed E-state index contributed by atoms with van der Waals surface area (Å²) in [5, 5.41) is 12.6. The van der Waals surface area contributed by atoms with Crippen LogP contribution in [-0.4, -0.2) is 42.5 Å². The number of ether oxygens (including phenoxy) is 1. The molecule has 1 aromatic rings. The predicted octanol–water partition coefficient (Wildman–Crippen LogP) is 3.77. The predicted molar refractivity (Wildman–Crippen MR) is 129 cm³/mol. The zero-order chi connectivity index (χ0) is 24.4. The molecule has 1 aliphatic heterocycles. The molecule has 184 valence electrons.